The first-order valence-electron chi connectivity index (χ1n) is 5.53. The maximum Gasteiger partial charge on any atom is 0.186 e. The van der Waals surface area contributed by atoms with Gasteiger partial charge in [-0.1, -0.05) is 30.3 Å². The number of hydrogen-bond acceptors (Lipinski definition) is 4. The molecule has 3 rings (SSSR count). The van der Waals surface area contributed by atoms with Gasteiger partial charge in [-0.2, -0.15) is 0 Å². The van der Waals surface area contributed by atoms with Crippen molar-refractivity contribution >= 4 is 0 Å². The predicted molar refractivity (Wildman–Crippen MR) is 57.6 cm³/mol. The van der Waals surface area contributed by atoms with Crippen LogP contribution in [0.15, 0.2) is 30.3 Å². The van der Waals surface area contributed by atoms with E-state index in [1.807, 2.05) is 30.3 Å². The summed E-state index contributed by atoms with van der Waals surface area (Å²) < 4.78 is 16.6. The van der Waals surface area contributed by atoms with Gasteiger partial charge in [0, 0.05) is 0 Å². The first-order valence-corrected chi connectivity index (χ1v) is 5.53. The molecule has 86 valence electrons. The van der Waals surface area contributed by atoms with Crippen molar-refractivity contribution in [3.05, 3.63) is 35.9 Å². The minimum absolute atomic E-state index is 0.00146. The zero-order valence-corrected chi connectivity index (χ0v) is 8.91. The molecule has 2 saturated heterocycles. The maximum atomic E-state index is 5.78. The summed E-state index contributed by atoms with van der Waals surface area (Å²) in [6.07, 6.45) is -0.0907. The Morgan fingerprint density at radius 3 is 2.88 bits per heavy atom. The molecular weight excluding hydrogens is 206 g/mol. The van der Waals surface area contributed by atoms with Gasteiger partial charge in [0.05, 0.1) is 19.3 Å². The van der Waals surface area contributed by atoms with E-state index >= 15 is 0 Å². The Bertz CT molecular complexity index is 357. The van der Waals surface area contributed by atoms with Crippen molar-refractivity contribution < 1.29 is 14.2 Å². The zero-order valence-electron chi connectivity index (χ0n) is 8.91. The van der Waals surface area contributed by atoms with E-state index in [2.05, 4.69) is 0 Å². The van der Waals surface area contributed by atoms with E-state index in [0.717, 1.165) is 5.56 Å². The molecule has 2 N–H and O–H groups in total. The summed E-state index contributed by atoms with van der Waals surface area (Å²) in [5.41, 5.74) is 6.92. The lowest BCUT2D eigenvalue weighted by atomic mass is 10.1. The van der Waals surface area contributed by atoms with Gasteiger partial charge in [-0.3, -0.25) is 0 Å². The molecule has 2 fully saturated rings. The fourth-order valence-electron chi connectivity index (χ4n) is 1.99. The molecule has 0 radical (unpaired) electrons. The van der Waals surface area contributed by atoms with Crippen molar-refractivity contribution in [2.24, 2.45) is 5.73 Å². The number of ether oxygens (including phenoxy) is 3. The fraction of sp³-hybridized carbons (Fsp3) is 0.500. The van der Waals surface area contributed by atoms with Crippen LogP contribution in [0.5, 0.6) is 0 Å². The van der Waals surface area contributed by atoms with Crippen molar-refractivity contribution in [3.8, 4) is 0 Å². The van der Waals surface area contributed by atoms with Crippen LogP contribution >= 0.6 is 0 Å². The van der Waals surface area contributed by atoms with Gasteiger partial charge < -0.3 is 19.9 Å². The molecule has 4 nitrogen and oxygen atoms in total. The number of hydrogen-bond donors (Lipinski definition) is 1. The second-order valence-corrected chi connectivity index (χ2v) is 4.23. The third-order valence-corrected chi connectivity index (χ3v) is 2.96. The molecule has 2 heterocycles. The molecule has 1 aromatic carbocycles. The van der Waals surface area contributed by atoms with Crippen LogP contribution in [0, 0.1) is 0 Å². The molecular formula is C12H15NO3. The quantitative estimate of drug-likeness (QED) is 0.761. The third-order valence-electron chi connectivity index (χ3n) is 2.96. The summed E-state index contributed by atoms with van der Waals surface area (Å²) in [5.74, 6) is 0. The fourth-order valence-corrected chi connectivity index (χ4v) is 1.99. The van der Waals surface area contributed by atoms with Crippen LogP contribution in [0.4, 0.5) is 0 Å². The highest BCUT2D eigenvalue weighted by Crippen LogP contribution is 2.34. The molecule has 4 heteroatoms. The van der Waals surface area contributed by atoms with Crippen LogP contribution in [0.25, 0.3) is 0 Å². The molecule has 2 aliphatic heterocycles. The van der Waals surface area contributed by atoms with Gasteiger partial charge in [0.2, 0.25) is 0 Å². The summed E-state index contributed by atoms with van der Waals surface area (Å²) in [4.78, 5) is 0. The number of nitrogens with two attached hydrogens (primary N) is 1. The molecule has 0 bridgehead atoms. The summed E-state index contributed by atoms with van der Waals surface area (Å²) in [7, 11) is 0. The van der Waals surface area contributed by atoms with Crippen LogP contribution in [-0.2, 0) is 20.8 Å². The number of benzene rings is 1. The third kappa shape index (κ3) is 1.97. The first kappa shape index (κ1) is 10.2. The second kappa shape index (κ2) is 4.14. The smallest absolute Gasteiger partial charge is 0.186 e. The zero-order chi connectivity index (χ0) is 11.0. The van der Waals surface area contributed by atoms with Crippen LogP contribution in [0.2, 0.25) is 0 Å². The highest BCUT2D eigenvalue weighted by Gasteiger charge is 2.53. The molecule has 0 saturated carbocycles. The van der Waals surface area contributed by atoms with Crippen LogP contribution in [0.3, 0.4) is 0 Å². The molecule has 0 aromatic heterocycles. The first-order chi connectivity index (χ1) is 7.84. The number of rotatable bonds is 3. The topological polar surface area (TPSA) is 57.0 Å². The molecule has 0 aliphatic carbocycles. The molecule has 0 spiro atoms. The van der Waals surface area contributed by atoms with E-state index in [1.165, 1.54) is 0 Å². The van der Waals surface area contributed by atoms with Crippen molar-refractivity contribution in [1.82, 2.24) is 0 Å². The summed E-state index contributed by atoms with van der Waals surface area (Å²) in [6, 6.07) is 10.0. The van der Waals surface area contributed by atoms with Crippen molar-refractivity contribution in [3.63, 3.8) is 0 Å². The Morgan fingerprint density at radius 2 is 2.06 bits per heavy atom. The van der Waals surface area contributed by atoms with Crippen LogP contribution in [0.1, 0.15) is 5.56 Å². The van der Waals surface area contributed by atoms with Gasteiger partial charge in [0.1, 0.15) is 12.2 Å². The van der Waals surface area contributed by atoms with Gasteiger partial charge in [-0.25, -0.2) is 0 Å². The summed E-state index contributed by atoms with van der Waals surface area (Å²) in [6.45, 7) is 1.06. The molecule has 0 unspecified atom stereocenters. The lowest BCUT2D eigenvalue weighted by Gasteiger charge is -2.23. The van der Waals surface area contributed by atoms with E-state index in [9.17, 15) is 0 Å². The second-order valence-electron chi connectivity index (χ2n) is 4.23. The van der Waals surface area contributed by atoms with E-state index < -0.39 is 0 Å². The number of fused-ring (bicyclic) bond motifs is 1. The molecule has 2 aliphatic rings. The minimum atomic E-state index is -0.259. The Kier molecular flexibility index (Phi) is 2.65. The molecule has 0 amide bonds. The van der Waals surface area contributed by atoms with E-state index in [-0.39, 0.29) is 24.5 Å². The molecule has 1 aromatic rings. The van der Waals surface area contributed by atoms with Gasteiger partial charge in [0.15, 0.2) is 6.29 Å². The monoisotopic (exact) mass is 221 g/mol. The van der Waals surface area contributed by atoms with E-state index in [4.69, 9.17) is 19.9 Å². The van der Waals surface area contributed by atoms with Gasteiger partial charge in [-0.05, 0) is 5.56 Å². The highest BCUT2D eigenvalue weighted by molar-refractivity contribution is 5.13. The summed E-state index contributed by atoms with van der Waals surface area (Å²) >= 11 is 0. The lowest BCUT2D eigenvalue weighted by Crippen LogP contribution is -2.43. The predicted octanol–water partition coefficient (Wildman–Crippen LogP) is 0.654. The standard InChI is InChI=1S/C12H15NO3/c13-9-7-15-12(11-10(9)16-11)14-6-8-4-2-1-3-5-8/h1-5,9-12H,6-7,13H2/t9-,10-,11-,12-/m0/s1. The Labute approximate surface area is 94.3 Å². The number of epoxide rings is 1. The average Bonchev–Trinajstić information content (AvgIpc) is 3.11. The Morgan fingerprint density at radius 1 is 1.25 bits per heavy atom. The van der Waals surface area contributed by atoms with Gasteiger partial charge >= 0.3 is 0 Å². The SMILES string of the molecule is N[C@H]1CO[C@H](OCc2ccccc2)[C@H]2O[C@H]21. The van der Waals surface area contributed by atoms with Crippen molar-refractivity contribution in [2.45, 2.75) is 31.1 Å². The van der Waals surface area contributed by atoms with Crippen molar-refractivity contribution in [1.29, 1.82) is 0 Å². The van der Waals surface area contributed by atoms with Crippen LogP contribution in [-0.4, -0.2) is 31.1 Å². The van der Waals surface area contributed by atoms with E-state index in [1.54, 1.807) is 0 Å². The minimum Gasteiger partial charge on any atom is -0.362 e. The maximum absolute atomic E-state index is 5.78. The normalized spacial score (nSPS) is 36.8. The lowest BCUT2D eigenvalue weighted by molar-refractivity contribution is -0.168. The summed E-state index contributed by atoms with van der Waals surface area (Å²) in [5, 5.41) is 0. The Balaban J connectivity index is 1.53. The van der Waals surface area contributed by atoms with Crippen LogP contribution < -0.4 is 5.73 Å². The van der Waals surface area contributed by atoms with Crippen molar-refractivity contribution in [2.75, 3.05) is 6.61 Å². The van der Waals surface area contributed by atoms with Gasteiger partial charge in [-0.15, -0.1) is 0 Å². The Hall–Kier alpha value is -0.940. The molecule has 4 atom stereocenters. The highest BCUT2D eigenvalue weighted by atomic mass is 16.7. The largest absolute Gasteiger partial charge is 0.362 e. The average molecular weight is 221 g/mol. The van der Waals surface area contributed by atoms with E-state index in [0.29, 0.717) is 13.2 Å². The van der Waals surface area contributed by atoms with Gasteiger partial charge in [0.25, 0.3) is 0 Å². The molecule has 16 heavy (non-hydrogen) atoms.